The molecule has 9 nitrogen and oxygen atoms in total. The summed E-state index contributed by atoms with van der Waals surface area (Å²) in [7, 11) is -2.55. The lowest BCUT2D eigenvalue weighted by atomic mass is 10.2. The van der Waals surface area contributed by atoms with Gasteiger partial charge in [0.1, 0.15) is 5.69 Å². The van der Waals surface area contributed by atoms with Crippen LogP contribution in [0.1, 0.15) is 0 Å². The number of nitro benzene ring substituents is 1. The summed E-state index contributed by atoms with van der Waals surface area (Å²) in [6, 6.07) is 11.6. The zero-order valence-electron chi connectivity index (χ0n) is 13.2. The molecule has 0 fully saturated rings. The second-order valence-corrected chi connectivity index (χ2v) is 6.62. The summed E-state index contributed by atoms with van der Waals surface area (Å²) in [6.07, 6.45) is 0. The molecule has 2 aromatic rings. The molecule has 0 aliphatic carbocycles. The molecule has 0 saturated heterocycles. The van der Waals surface area contributed by atoms with Crippen LogP contribution in [0.25, 0.3) is 0 Å². The van der Waals surface area contributed by atoms with Gasteiger partial charge in [0, 0.05) is 18.8 Å². The number of sulfonamides is 1. The van der Waals surface area contributed by atoms with Crippen molar-refractivity contribution >= 4 is 33.0 Å². The second-order valence-electron chi connectivity index (χ2n) is 4.93. The molecule has 0 unspecified atom stereocenters. The summed E-state index contributed by atoms with van der Waals surface area (Å²) in [5, 5.41) is 16.2. The van der Waals surface area contributed by atoms with E-state index in [1.165, 1.54) is 19.2 Å². The normalized spacial score (nSPS) is 10.8. The predicted molar refractivity (Wildman–Crippen MR) is 92.9 cm³/mol. The molecule has 1 amide bonds. The minimum Gasteiger partial charge on any atom is -0.371 e. The maximum Gasteiger partial charge on any atom is 0.293 e. The van der Waals surface area contributed by atoms with Crippen LogP contribution in [0.3, 0.4) is 0 Å². The van der Waals surface area contributed by atoms with Gasteiger partial charge in [-0.25, -0.2) is 8.42 Å². The highest BCUT2D eigenvalue weighted by molar-refractivity contribution is 7.92. The van der Waals surface area contributed by atoms with E-state index >= 15 is 0 Å². The van der Waals surface area contributed by atoms with E-state index in [0.29, 0.717) is 5.69 Å². The van der Waals surface area contributed by atoms with Gasteiger partial charge in [-0.1, -0.05) is 18.2 Å². The number of nitrogens with zero attached hydrogens (tertiary/aromatic N) is 1. The van der Waals surface area contributed by atoms with Gasteiger partial charge in [-0.3, -0.25) is 19.6 Å². The van der Waals surface area contributed by atoms with E-state index < -0.39 is 20.6 Å². The molecular weight excluding hydrogens is 348 g/mol. The standard InChI is InChI=1S/C15H16N4O5S/c1-16-15(20)10-17-13-8-7-12(9-14(13)19(21)22)25(23,24)18-11-5-3-2-4-6-11/h2-9,17-18H,10H2,1H3,(H,16,20). The van der Waals surface area contributed by atoms with Crippen molar-refractivity contribution in [3.8, 4) is 0 Å². The molecule has 0 atom stereocenters. The Labute approximate surface area is 144 Å². The Bertz CT molecular complexity index is 884. The minimum absolute atomic E-state index is 0.0484. The van der Waals surface area contributed by atoms with Crippen molar-refractivity contribution in [2.75, 3.05) is 23.6 Å². The molecule has 2 aromatic carbocycles. The number of carbonyl (C=O) groups excluding carboxylic acids is 1. The number of anilines is 2. The molecule has 0 bridgehead atoms. The van der Waals surface area contributed by atoms with Crippen LogP contribution in [0.2, 0.25) is 0 Å². The van der Waals surface area contributed by atoms with Crippen LogP contribution in [0.4, 0.5) is 17.1 Å². The maximum atomic E-state index is 12.4. The van der Waals surface area contributed by atoms with Crippen molar-refractivity contribution in [3.63, 3.8) is 0 Å². The van der Waals surface area contributed by atoms with Crippen LogP contribution < -0.4 is 15.4 Å². The van der Waals surface area contributed by atoms with Gasteiger partial charge in [-0.15, -0.1) is 0 Å². The van der Waals surface area contributed by atoms with E-state index in [1.807, 2.05) is 0 Å². The van der Waals surface area contributed by atoms with Gasteiger partial charge in [-0.05, 0) is 24.3 Å². The van der Waals surface area contributed by atoms with Crippen molar-refractivity contribution < 1.29 is 18.1 Å². The smallest absolute Gasteiger partial charge is 0.293 e. The molecule has 3 N–H and O–H groups in total. The lowest BCUT2D eigenvalue weighted by Crippen LogP contribution is -2.26. The number of hydrogen-bond acceptors (Lipinski definition) is 6. The SMILES string of the molecule is CNC(=O)CNc1ccc(S(=O)(=O)Nc2ccccc2)cc1[N+](=O)[O-]. The highest BCUT2D eigenvalue weighted by Crippen LogP contribution is 2.28. The van der Waals surface area contributed by atoms with Crippen LogP contribution in [0.15, 0.2) is 53.4 Å². The highest BCUT2D eigenvalue weighted by Gasteiger charge is 2.21. The average molecular weight is 364 g/mol. The molecule has 2 rings (SSSR count). The van der Waals surface area contributed by atoms with Crippen LogP contribution in [-0.2, 0) is 14.8 Å². The molecule has 10 heteroatoms. The third kappa shape index (κ3) is 4.67. The number of nitro groups is 1. The number of likely N-dealkylation sites (N-methyl/N-ethyl adjacent to an activating group) is 1. The molecule has 25 heavy (non-hydrogen) atoms. The number of hydrogen-bond donors (Lipinski definition) is 3. The fraction of sp³-hybridized carbons (Fsp3) is 0.133. The van der Waals surface area contributed by atoms with E-state index in [4.69, 9.17) is 0 Å². The van der Waals surface area contributed by atoms with Crippen molar-refractivity contribution in [3.05, 3.63) is 58.6 Å². The van der Waals surface area contributed by atoms with Crippen molar-refractivity contribution in [2.24, 2.45) is 0 Å². The molecule has 0 aliphatic heterocycles. The first-order valence-electron chi connectivity index (χ1n) is 7.14. The maximum absolute atomic E-state index is 12.4. The molecule has 0 spiro atoms. The van der Waals surface area contributed by atoms with Gasteiger partial charge < -0.3 is 10.6 Å². The third-order valence-electron chi connectivity index (χ3n) is 3.22. The Morgan fingerprint density at radius 1 is 1.16 bits per heavy atom. The number of nitrogens with one attached hydrogen (secondary N) is 3. The van der Waals surface area contributed by atoms with Gasteiger partial charge >= 0.3 is 0 Å². The summed E-state index contributed by atoms with van der Waals surface area (Å²) in [6.45, 7) is -0.175. The first-order chi connectivity index (χ1) is 11.8. The van der Waals surface area contributed by atoms with Crippen LogP contribution in [0, 0.1) is 10.1 Å². The van der Waals surface area contributed by atoms with Gasteiger partial charge in [-0.2, -0.15) is 0 Å². The van der Waals surface area contributed by atoms with Crippen molar-refractivity contribution in [2.45, 2.75) is 4.90 Å². The number of benzene rings is 2. The fourth-order valence-corrected chi connectivity index (χ4v) is 3.04. The summed E-state index contributed by atoms with van der Waals surface area (Å²) >= 11 is 0. The molecular formula is C15H16N4O5S. The monoisotopic (exact) mass is 364 g/mol. The summed E-state index contributed by atoms with van der Waals surface area (Å²) in [5.74, 6) is -0.364. The predicted octanol–water partition coefficient (Wildman–Crippen LogP) is 1.55. The van der Waals surface area contributed by atoms with E-state index in [0.717, 1.165) is 6.07 Å². The molecule has 0 saturated carbocycles. The van der Waals surface area contributed by atoms with E-state index in [9.17, 15) is 23.3 Å². The first kappa shape index (κ1) is 18.2. The molecule has 132 valence electrons. The lowest BCUT2D eigenvalue weighted by molar-refractivity contribution is -0.384. The summed E-state index contributed by atoms with van der Waals surface area (Å²) in [5.41, 5.74) is -0.0564. The molecule has 0 heterocycles. The number of carbonyl (C=O) groups is 1. The highest BCUT2D eigenvalue weighted by atomic mass is 32.2. The molecule has 0 aliphatic rings. The van der Waals surface area contributed by atoms with E-state index in [2.05, 4.69) is 15.4 Å². The van der Waals surface area contributed by atoms with Crippen LogP contribution in [0.5, 0.6) is 0 Å². The quantitative estimate of drug-likeness (QED) is 0.505. The third-order valence-corrected chi connectivity index (χ3v) is 4.60. The van der Waals surface area contributed by atoms with Gasteiger partial charge in [0.25, 0.3) is 15.7 Å². The lowest BCUT2D eigenvalue weighted by Gasteiger charge is -2.10. The molecule has 0 aromatic heterocycles. The van der Waals surface area contributed by atoms with Crippen molar-refractivity contribution in [1.82, 2.24) is 5.32 Å². The summed E-state index contributed by atoms with van der Waals surface area (Å²) < 4.78 is 27.1. The fourth-order valence-electron chi connectivity index (χ4n) is 1.96. The van der Waals surface area contributed by atoms with E-state index in [-0.39, 0.29) is 23.0 Å². The number of amides is 1. The number of rotatable bonds is 7. The first-order valence-corrected chi connectivity index (χ1v) is 8.62. The zero-order valence-corrected chi connectivity index (χ0v) is 14.0. The Hall–Kier alpha value is -3.14. The van der Waals surface area contributed by atoms with Crippen LogP contribution >= 0.6 is 0 Å². The summed E-state index contributed by atoms with van der Waals surface area (Å²) in [4.78, 5) is 21.5. The zero-order chi connectivity index (χ0) is 18.4. The van der Waals surface area contributed by atoms with E-state index in [1.54, 1.807) is 30.3 Å². The Balaban J connectivity index is 2.31. The average Bonchev–Trinajstić information content (AvgIpc) is 2.59. The Morgan fingerprint density at radius 3 is 2.44 bits per heavy atom. The minimum atomic E-state index is -3.98. The topological polar surface area (TPSA) is 130 Å². The molecule has 0 radical (unpaired) electrons. The van der Waals surface area contributed by atoms with Gasteiger partial charge in [0.05, 0.1) is 16.4 Å². The number of para-hydroxylation sites is 1. The second kappa shape index (κ2) is 7.62. The van der Waals surface area contributed by atoms with Gasteiger partial charge in [0.15, 0.2) is 0 Å². The van der Waals surface area contributed by atoms with Crippen LogP contribution in [-0.4, -0.2) is 32.8 Å². The van der Waals surface area contributed by atoms with Crippen molar-refractivity contribution in [1.29, 1.82) is 0 Å². The Morgan fingerprint density at radius 2 is 1.84 bits per heavy atom. The Kier molecular flexibility index (Phi) is 5.55. The largest absolute Gasteiger partial charge is 0.371 e. The van der Waals surface area contributed by atoms with Gasteiger partial charge in [0.2, 0.25) is 5.91 Å².